The third kappa shape index (κ3) is 6.51. The van der Waals surface area contributed by atoms with Crippen LogP contribution >= 0.6 is 0 Å². The fourth-order valence-electron chi connectivity index (χ4n) is 4.30. The summed E-state index contributed by atoms with van der Waals surface area (Å²) < 4.78 is 0. The van der Waals surface area contributed by atoms with Gasteiger partial charge in [-0.3, -0.25) is 16.1 Å². The van der Waals surface area contributed by atoms with Gasteiger partial charge in [-0.1, -0.05) is 31.0 Å². The van der Waals surface area contributed by atoms with E-state index in [4.69, 9.17) is 10.8 Å². The van der Waals surface area contributed by atoms with E-state index in [0.717, 1.165) is 37.9 Å². The number of nitrogens with one attached hydrogen (secondary N) is 5. The van der Waals surface area contributed by atoms with Crippen molar-refractivity contribution in [1.29, 1.82) is 10.8 Å². The standard InChI is InChI=1S/C22H38N6/c1-7-8-13-28(18-14-21(3,4)27-22(5,6)15-18)20(24)26-19(23)25-17-11-9-16(2)10-12-17/h9-12,18,27H,7-8,13-15H2,1-6H3,(H4,23,24,25,26). The van der Waals surface area contributed by atoms with Crippen LogP contribution in [0.3, 0.4) is 0 Å². The van der Waals surface area contributed by atoms with Gasteiger partial charge in [0.05, 0.1) is 0 Å². The van der Waals surface area contributed by atoms with Gasteiger partial charge in [0, 0.05) is 29.4 Å². The minimum Gasteiger partial charge on any atom is -0.340 e. The van der Waals surface area contributed by atoms with Crippen LogP contribution in [0.2, 0.25) is 0 Å². The van der Waals surface area contributed by atoms with Crippen LogP contribution in [0, 0.1) is 17.7 Å². The number of anilines is 1. The van der Waals surface area contributed by atoms with E-state index >= 15 is 0 Å². The maximum atomic E-state index is 8.66. The first-order valence-corrected chi connectivity index (χ1v) is 10.4. The lowest BCUT2D eigenvalue weighted by Gasteiger charge is -2.50. The third-order valence-corrected chi connectivity index (χ3v) is 5.21. The molecule has 1 aromatic carbocycles. The molecule has 5 N–H and O–H groups in total. The Morgan fingerprint density at radius 1 is 1.11 bits per heavy atom. The topological polar surface area (TPSA) is 87.0 Å². The Bertz CT molecular complexity index is 661. The minimum atomic E-state index is 0.0187. The molecule has 0 atom stereocenters. The van der Waals surface area contributed by atoms with Gasteiger partial charge in [-0.2, -0.15) is 0 Å². The lowest BCUT2D eigenvalue weighted by Crippen LogP contribution is -2.64. The number of hydrogen-bond acceptors (Lipinski definition) is 3. The fourth-order valence-corrected chi connectivity index (χ4v) is 4.30. The zero-order valence-electron chi connectivity index (χ0n) is 18.4. The van der Waals surface area contributed by atoms with Crippen LogP contribution in [0.25, 0.3) is 0 Å². The van der Waals surface area contributed by atoms with Gasteiger partial charge in [-0.15, -0.1) is 0 Å². The van der Waals surface area contributed by atoms with Crippen molar-refractivity contribution in [2.45, 2.75) is 84.3 Å². The van der Waals surface area contributed by atoms with Gasteiger partial charge in [0.2, 0.25) is 0 Å². The zero-order chi connectivity index (χ0) is 20.9. The van der Waals surface area contributed by atoms with Gasteiger partial charge in [0.25, 0.3) is 0 Å². The average molecular weight is 387 g/mol. The Balaban J connectivity index is 2.07. The molecule has 2 rings (SSSR count). The van der Waals surface area contributed by atoms with E-state index in [1.165, 1.54) is 5.56 Å². The van der Waals surface area contributed by atoms with Crippen molar-refractivity contribution in [2.24, 2.45) is 0 Å². The van der Waals surface area contributed by atoms with E-state index in [0.29, 0.717) is 5.96 Å². The number of aryl methyl sites for hydroxylation is 1. The molecule has 0 aliphatic carbocycles. The van der Waals surface area contributed by atoms with Crippen LogP contribution in [0.1, 0.15) is 65.9 Å². The van der Waals surface area contributed by atoms with E-state index in [-0.39, 0.29) is 23.1 Å². The van der Waals surface area contributed by atoms with Crippen molar-refractivity contribution >= 4 is 17.6 Å². The Morgan fingerprint density at radius 3 is 2.21 bits per heavy atom. The first-order valence-electron chi connectivity index (χ1n) is 10.4. The van der Waals surface area contributed by atoms with Crippen LogP contribution in [-0.4, -0.2) is 40.5 Å². The second-order valence-corrected chi connectivity index (χ2v) is 9.34. The van der Waals surface area contributed by atoms with Crippen molar-refractivity contribution in [2.75, 3.05) is 11.9 Å². The molecular weight excluding hydrogens is 348 g/mol. The van der Waals surface area contributed by atoms with Crippen molar-refractivity contribution in [3.8, 4) is 0 Å². The quantitative estimate of drug-likeness (QED) is 0.386. The lowest BCUT2D eigenvalue weighted by molar-refractivity contribution is 0.101. The van der Waals surface area contributed by atoms with Gasteiger partial charge >= 0.3 is 0 Å². The van der Waals surface area contributed by atoms with Crippen LogP contribution in [0.15, 0.2) is 24.3 Å². The molecule has 1 saturated heterocycles. The summed E-state index contributed by atoms with van der Waals surface area (Å²) in [7, 11) is 0. The molecule has 1 fully saturated rings. The minimum absolute atomic E-state index is 0.0187. The van der Waals surface area contributed by atoms with Crippen molar-refractivity contribution < 1.29 is 0 Å². The predicted octanol–water partition coefficient (Wildman–Crippen LogP) is 4.28. The molecule has 0 saturated carbocycles. The maximum Gasteiger partial charge on any atom is 0.199 e. The molecule has 6 heteroatoms. The molecular formula is C22H38N6. The first kappa shape index (κ1) is 22.2. The third-order valence-electron chi connectivity index (χ3n) is 5.21. The molecule has 1 aromatic rings. The highest BCUT2D eigenvalue weighted by Gasteiger charge is 2.40. The number of guanidine groups is 2. The van der Waals surface area contributed by atoms with Crippen LogP contribution in [0.4, 0.5) is 5.69 Å². The molecule has 0 amide bonds. The highest BCUT2D eigenvalue weighted by Crippen LogP contribution is 2.31. The van der Waals surface area contributed by atoms with Gasteiger partial charge in [-0.05, 0) is 66.0 Å². The summed E-state index contributed by atoms with van der Waals surface area (Å²) in [5.41, 5.74) is 2.06. The number of rotatable bonds is 5. The Kier molecular flexibility index (Phi) is 7.10. The van der Waals surface area contributed by atoms with E-state index in [1.54, 1.807) is 0 Å². The number of hydrogen-bond donors (Lipinski definition) is 5. The highest BCUT2D eigenvalue weighted by atomic mass is 15.3. The predicted molar refractivity (Wildman–Crippen MR) is 119 cm³/mol. The summed E-state index contributed by atoms with van der Waals surface area (Å²) in [6, 6.07) is 8.18. The molecule has 1 heterocycles. The normalized spacial score (nSPS) is 18.4. The van der Waals surface area contributed by atoms with Crippen LogP contribution in [-0.2, 0) is 0 Å². The van der Waals surface area contributed by atoms with Gasteiger partial charge in [0.15, 0.2) is 11.9 Å². The van der Waals surface area contributed by atoms with Crippen molar-refractivity contribution in [3.05, 3.63) is 29.8 Å². The maximum absolute atomic E-state index is 8.66. The number of unbranched alkanes of at least 4 members (excludes halogenated alkanes) is 1. The number of benzene rings is 1. The summed E-state index contributed by atoms with van der Waals surface area (Å²) >= 11 is 0. The highest BCUT2D eigenvalue weighted by molar-refractivity contribution is 6.02. The molecule has 0 radical (unpaired) electrons. The van der Waals surface area contributed by atoms with E-state index in [9.17, 15) is 0 Å². The zero-order valence-corrected chi connectivity index (χ0v) is 18.4. The van der Waals surface area contributed by atoms with Gasteiger partial charge < -0.3 is 15.5 Å². The molecule has 0 bridgehead atoms. The lowest BCUT2D eigenvalue weighted by atomic mass is 9.79. The molecule has 6 nitrogen and oxygen atoms in total. The second-order valence-electron chi connectivity index (χ2n) is 9.34. The molecule has 0 unspecified atom stereocenters. The van der Waals surface area contributed by atoms with Crippen LogP contribution < -0.4 is 16.0 Å². The first-order chi connectivity index (χ1) is 13.0. The smallest absolute Gasteiger partial charge is 0.199 e. The summed E-state index contributed by atoms with van der Waals surface area (Å²) in [6.07, 6.45) is 4.07. The number of piperidine rings is 1. The van der Waals surface area contributed by atoms with Crippen LogP contribution in [0.5, 0.6) is 0 Å². The molecule has 0 aromatic heterocycles. The summed E-state index contributed by atoms with van der Waals surface area (Å²) in [5, 5.41) is 26.6. The molecule has 28 heavy (non-hydrogen) atoms. The molecule has 156 valence electrons. The Morgan fingerprint density at radius 2 is 1.68 bits per heavy atom. The van der Waals surface area contributed by atoms with Gasteiger partial charge in [0.1, 0.15) is 0 Å². The van der Waals surface area contributed by atoms with Crippen molar-refractivity contribution in [1.82, 2.24) is 15.5 Å². The van der Waals surface area contributed by atoms with E-state index in [2.05, 4.69) is 55.5 Å². The summed E-state index contributed by atoms with van der Waals surface area (Å²) in [6.45, 7) is 14.0. The summed E-state index contributed by atoms with van der Waals surface area (Å²) in [4.78, 5) is 2.15. The molecule has 1 aliphatic rings. The Labute approximate surface area is 170 Å². The second kappa shape index (κ2) is 8.95. The van der Waals surface area contributed by atoms with Crippen molar-refractivity contribution in [3.63, 3.8) is 0 Å². The largest absolute Gasteiger partial charge is 0.340 e. The fraction of sp³-hybridized carbons (Fsp3) is 0.636. The molecule has 0 spiro atoms. The van der Waals surface area contributed by atoms with E-state index in [1.807, 2.05) is 31.2 Å². The summed E-state index contributed by atoms with van der Waals surface area (Å²) in [5.74, 6) is 0.430. The van der Waals surface area contributed by atoms with Gasteiger partial charge in [-0.25, -0.2) is 0 Å². The Hall–Kier alpha value is -2.08. The molecule has 1 aliphatic heterocycles. The van der Waals surface area contributed by atoms with E-state index < -0.39 is 0 Å². The monoisotopic (exact) mass is 386 g/mol. The number of nitrogens with zero attached hydrogens (tertiary/aromatic N) is 1. The average Bonchev–Trinajstić information content (AvgIpc) is 2.54. The SMILES string of the molecule is CCCCN(C(=N)NC(=N)Nc1ccc(C)cc1)C1CC(C)(C)NC(C)(C)C1.